The van der Waals surface area contributed by atoms with Gasteiger partial charge in [0.2, 0.25) is 0 Å². The SMILES string of the molecule is CCOC(=O)C1CCCN1C(=O)C1CCCCO1. The molecule has 2 rings (SSSR count). The molecule has 2 aliphatic rings. The van der Waals surface area contributed by atoms with E-state index >= 15 is 0 Å². The molecular formula is C13H21NO4. The largest absolute Gasteiger partial charge is 0.464 e. The van der Waals surface area contributed by atoms with Crippen LogP contribution in [-0.2, 0) is 19.1 Å². The molecule has 0 aliphatic carbocycles. The van der Waals surface area contributed by atoms with Crippen LogP contribution in [0.5, 0.6) is 0 Å². The van der Waals surface area contributed by atoms with E-state index in [9.17, 15) is 9.59 Å². The highest BCUT2D eigenvalue weighted by Gasteiger charge is 2.38. The fraction of sp³-hybridized carbons (Fsp3) is 0.846. The van der Waals surface area contributed by atoms with Gasteiger partial charge in [0.15, 0.2) is 0 Å². The van der Waals surface area contributed by atoms with E-state index in [1.807, 2.05) is 0 Å². The van der Waals surface area contributed by atoms with Gasteiger partial charge in [-0.2, -0.15) is 0 Å². The predicted molar refractivity (Wildman–Crippen MR) is 65.0 cm³/mol. The highest BCUT2D eigenvalue weighted by Crippen LogP contribution is 2.23. The van der Waals surface area contributed by atoms with Gasteiger partial charge in [0.05, 0.1) is 6.61 Å². The monoisotopic (exact) mass is 255 g/mol. The molecule has 0 aromatic carbocycles. The number of ether oxygens (including phenoxy) is 2. The van der Waals surface area contributed by atoms with Crippen molar-refractivity contribution in [3.05, 3.63) is 0 Å². The Morgan fingerprint density at radius 1 is 1.28 bits per heavy atom. The first-order valence-electron chi connectivity index (χ1n) is 6.82. The maximum Gasteiger partial charge on any atom is 0.328 e. The first-order chi connectivity index (χ1) is 8.74. The Bertz CT molecular complexity index is 312. The minimum absolute atomic E-state index is 0.0368. The maximum atomic E-state index is 12.3. The maximum absolute atomic E-state index is 12.3. The fourth-order valence-corrected chi connectivity index (χ4v) is 2.63. The number of nitrogens with zero attached hydrogens (tertiary/aromatic N) is 1. The van der Waals surface area contributed by atoms with Crippen LogP contribution in [0.2, 0.25) is 0 Å². The van der Waals surface area contributed by atoms with Crippen LogP contribution in [-0.4, -0.2) is 48.7 Å². The molecule has 5 heteroatoms. The summed E-state index contributed by atoms with van der Waals surface area (Å²) in [6.45, 7) is 3.43. The lowest BCUT2D eigenvalue weighted by Gasteiger charge is -2.29. The number of hydrogen-bond acceptors (Lipinski definition) is 4. The Labute approximate surface area is 107 Å². The first-order valence-corrected chi connectivity index (χ1v) is 6.82. The molecule has 2 atom stereocenters. The molecule has 2 aliphatic heterocycles. The van der Waals surface area contributed by atoms with Gasteiger partial charge in [-0.05, 0) is 39.0 Å². The lowest BCUT2D eigenvalue weighted by molar-refractivity contribution is -0.158. The zero-order valence-electron chi connectivity index (χ0n) is 10.9. The van der Waals surface area contributed by atoms with Crippen molar-refractivity contribution < 1.29 is 19.1 Å². The van der Waals surface area contributed by atoms with Gasteiger partial charge >= 0.3 is 5.97 Å². The topological polar surface area (TPSA) is 55.8 Å². The van der Waals surface area contributed by atoms with Crippen molar-refractivity contribution in [1.82, 2.24) is 4.90 Å². The molecular weight excluding hydrogens is 234 g/mol. The summed E-state index contributed by atoms with van der Waals surface area (Å²) in [4.78, 5) is 25.7. The highest BCUT2D eigenvalue weighted by atomic mass is 16.5. The van der Waals surface area contributed by atoms with Crippen molar-refractivity contribution >= 4 is 11.9 Å². The van der Waals surface area contributed by atoms with E-state index in [1.165, 1.54) is 0 Å². The number of rotatable bonds is 3. The molecule has 2 saturated heterocycles. The Kier molecular flexibility index (Phi) is 4.58. The third-order valence-corrected chi connectivity index (χ3v) is 3.55. The molecule has 0 aromatic heterocycles. The second-order valence-corrected chi connectivity index (χ2v) is 4.80. The van der Waals surface area contributed by atoms with Gasteiger partial charge < -0.3 is 14.4 Å². The standard InChI is InChI=1S/C13H21NO4/c1-2-17-13(16)10-6-5-8-14(10)12(15)11-7-3-4-9-18-11/h10-11H,2-9H2,1H3. The van der Waals surface area contributed by atoms with Crippen LogP contribution in [0.1, 0.15) is 39.0 Å². The van der Waals surface area contributed by atoms with Crippen LogP contribution >= 0.6 is 0 Å². The summed E-state index contributed by atoms with van der Waals surface area (Å²) in [6.07, 6.45) is 4.03. The van der Waals surface area contributed by atoms with Gasteiger partial charge in [0.25, 0.3) is 5.91 Å². The molecule has 2 unspecified atom stereocenters. The quantitative estimate of drug-likeness (QED) is 0.709. The molecule has 102 valence electrons. The van der Waals surface area contributed by atoms with E-state index in [1.54, 1.807) is 11.8 Å². The van der Waals surface area contributed by atoms with Crippen molar-refractivity contribution in [2.24, 2.45) is 0 Å². The van der Waals surface area contributed by atoms with Gasteiger partial charge in [-0.3, -0.25) is 4.79 Å². The second-order valence-electron chi connectivity index (χ2n) is 4.80. The molecule has 0 bridgehead atoms. The molecule has 0 aromatic rings. The summed E-state index contributed by atoms with van der Waals surface area (Å²) in [7, 11) is 0. The first kappa shape index (κ1) is 13.3. The van der Waals surface area contributed by atoms with Crippen LogP contribution in [0, 0.1) is 0 Å². The summed E-state index contributed by atoms with van der Waals surface area (Å²) in [5.41, 5.74) is 0. The number of carbonyl (C=O) groups excluding carboxylic acids is 2. The van der Waals surface area contributed by atoms with Crippen LogP contribution < -0.4 is 0 Å². The summed E-state index contributed by atoms with van der Waals surface area (Å²) >= 11 is 0. The Balaban J connectivity index is 1.97. The van der Waals surface area contributed by atoms with Crippen LogP contribution in [0.15, 0.2) is 0 Å². The van der Waals surface area contributed by atoms with E-state index in [0.717, 1.165) is 25.7 Å². The average molecular weight is 255 g/mol. The zero-order chi connectivity index (χ0) is 13.0. The number of esters is 1. The van der Waals surface area contributed by atoms with Crippen molar-refractivity contribution in [2.45, 2.75) is 51.2 Å². The average Bonchev–Trinajstić information content (AvgIpc) is 2.88. The highest BCUT2D eigenvalue weighted by molar-refractivity contribution is 5.87. The third-order valence-electron chi connectivity index (χ3n) is 3.55. The lowest BCUT2D eigenvalue weighted by atomic mass is 10.1. The number of likely N-dealkylation sites (tertiary alicyclic amines) is 1. The van der Waals surface area contributed by atoms with Crippen molar-refractivity contribution in [1.29, 1.82) is 0 Å². The van der Waals surface area contributed by atoms with Crippen LogP contribution in [0.3, 0.4) is 0 Å². The van der Waals surface area contributed by atoms with E-state index in [-0.39, 0.29) is 18.0 Å². The van der Waals surface area contributed by atoms with Gasteiger partial charge in [-0.15, -0.1) is 0 Å². The fourth-order valence-electron chi connectivity index (χ4n) is 2.63. The third kappa shape index (κ3) is 2.83. The lowest BCUT2D eigenvalue weighted by Crippen LogP contribution is -2.47. The normalized spacial score (nSPS) is 28.2. The molecule has 0 spiro atoms. The summed E-state index contributed by atoms with van der Waals surface area (Å²) in [6, 6.07) is -0.400. The van der Waals surface area contributed by atoms with Crippen LogP contribution in [0.4, 0.5) is 0 Å². The van der Waals surface area contributed by atoms with E-state index in [2.05, 4.69) is 0 Å². The zero-order valence-corrected chi connectivity index (χ0v) is 10.9. The molecule has 2 heterocycles. The molecule has 0 saturated carbocycles. The van der Waals surface area contributed by atoms with Gasteiger partial charge in [-0.1, -0.05) is 0 Å². The number of amides is 1. The van der Waals surface area contributed by atoms with Gasteiger partial charge in [-0.25, -0.2) is 4.79 Å². The molecule has 18 heavy (non-hydrogen) atoms. The summed E-state index contributed by atoms with van der Waals surface area (Å²) in [5, 5.41) is 0. The molecule has 0 N–H and O–H groups in total. The summed E-state index contributed by atoms with van der Waals surface area (Å²) in [5.74, 6) is -0.315. The number of carbonyl (C=O) groups is 2. The van der Waals surface area contributed by atoms with Gasteiger partial charge in [0.1, 0.15) is 12.1 Å². The van der Waals surface area contributed by atoms with Gasteiger partial charge in [0, 0.05) is 13.2 Å². The summed E-state index contributed by atoms with van der Waals surface area (Å²) < 4.78 is 10.5. The van der Waals surface area contributed by atoms with Crippen molar-refractivity contribution in [2.75, 3.05) is 19.8 Å². The van der Waals surface area contributed by atoms with Crippen molar-refractivity contribution in [3.63, 3.8) is 0 Å². The Morgan fingerprint density at radius 3 is 2.78 bits per heavy atom. The van der Waals surface area contributed by atoms with E-state index in [0.29, 0.717) is 26.2 Å². The molecule has 2 fully saturated rings. The molecule has 5 nitrogen and oxygen atoms in total. The smallest absolute Gasteiger partial charge is 0.328 e. The number of hydrogen-bond donors (Lipinski definition) is 0. The molecule has 1 amide bonds. The van der Waals surface area contributed by atoms with E-state index < -0.39 is 6.04 Å². The van der Waals surface area contributed by atoms with Crippen molar-refractivity contribution in [3.8, 4) is 0 Å². The minimum Gasteiger partial charge on any atom is -0.464 e. The second kappa shape index (κ2) is 6.18. The minimum atomic E-state index is -0.400. The molecule has 0 radical (unpaired) electrons. The predicted octanol–water partition coefficient (Wildman–Crippen LogP) is 1.11. The van der Waals surface area contributed by atoms with E-state index in [4.69, 9.17) is 9.47 Å². The Morgan fingerprint density at radius 2 is 2.11 bits per heavy atom. The Hall–Kier alpha value is -1.10. The van der Waals surface area contributed by atoms with Crippen LogP contribution in [0.25, 0.3) is 0 Å².